The Morgan fingerprint density at radius 2 is 1.66 bits per heavy atom. The first kappa shape index (κ1) is 27.8. The molecule has 2 heterocycles. The fraction of sp³-hybridized carbons (Fsp3) is 0.429. The number of aliphatic hydroxyl groups is 1. The van der Waals surface area contributed by atoms with E-state index in [4.69, 9.17) is 4.74 Å². The van der Waals surface area contributed by atoms with Crippen LogP contribution in [0.5, 0.6) is 5.75 Å². The molecule has 0 aromatic heterocycles. The lowest BCUT2D eigenvalue weighted by atomic mass is 9.95. The van der Waals surface area contributed by atoms with Crippen molar-refractivity contribution in [2.24, 2.45) is 0 Å². The van der Waals surface area contributed by atoms with Gasteiger partial charge in [0.15, 0.2) is 0 Å². The highest BCUT2D eigenvalue weighted by atomic mass is 32.2. The maximum absolute atomic E-state index is 13.2. The average Bonchev–Trinajstić information content (AvgIpc) is 3.53. The fourth-order valence-corrected chi connectivity index (χ4v) is 6.46. The van der Waals surface area contributed by atoms with Gasteiger partial charge in [-0.2, -0.15) is 4.31 Å². The first-order chi connectivity index (χ1) is 18.1. The lowest BCUT2D eigenvalue weighted by Crippen LogP contribution is -2.32. The summed E-state index contributed by atoms with van der Waals surface area (Å²) in [5.41, 5.74) is 0.930. The van der Waals surface area contributed by atoms with E-state index in [0.717, 1.165) is 19.4 Å². The van der Waals surface area contributed by atoms with Crippen molar-refractivity contribution in [1.29, 1.82) is 0 Å². The summed E-state index contributed by atoms with van der Waals surface area (Å²) < 4.78 is 32.8. The Bertz CT molecular complexity index is 1300. The van der Waals surface area contributed by atoms with Crippen molar-refractivity contribution < 1.29 is 27.9 Å². The number of Topliss-reactive ketones (excluding diaryl/α,β-unsaturated/α-hetero) is 1. The number of carbonyl (C=O) groups is 2. The van der Waals surface area contributed by atoms with E-state index in [0.29, 0.717) is 44.0 Å². The number of aliphatic hydroxyl groups excluding tert-OH is 1. The van der Waals surface area contributed by atoms with Gasteiger partial charge in [0, 0.05) is 25.2 Å². The molecule has 0 unspecified atom stereocenters. The monoisotopic (exact) mass is 541 g/mol. The lowest BCUT2D eigenvalue weighted by molar-refractivity contribution is -0.139. The van der Waals surface area contributed by atoms with Crippen molar-refractivity contribution in [3.8, 4) is 5.75 Å². The number of benzene rings is 2. The number of amides is 1. The molecule has 0 bridgehead atoms. The highest BCUT2D eigenvalue weighted by Crippen LogP contribution is 2.40. The van der Waals surface area contributed by atoms with Crippen LogP contribution in [0.4, 0.5) is 0 Å². The van der Waals surface area contributed by atoms with Gasteiger partial charge in [-0.25, -0.2) is 8.42 Å². The molecule has 0 spiro atoms. The van der Waals surface area contributed by atoms with E-state index >= 15 is 0 Å². The Kier molecular flexibility index (Phi) is 8.54. The molecule has 2 aliphatic heterocycles. The summed E-state index contributed by atoms with van der Waals surface area (Å²) >= 11 is 0. The Balaban J connectivity index is 1.72. The van der Waals surface area contributed by atoms with Crippen LogP contribution in [0.1, 0.15) is 43.4 Å². The van der Waals surface area contributed by atoms with E-state index in [2.05, 4.69) is 0 Å². The lowest BCUT2D eigenvalue weighted by Gasteiger charge is -2.26. The number of ketones is 1. The third kappa shape index (κ3) is 5.62. The quantitative estimate of drug-likeness (QED) is 0.280. The largest absolute Gasteiger partial charge is 0.507 e. The maximum atomic E-state index is 13.2. The van der Waals surface area contributed by atoms with Crippen molar-refractivity contribution >= 4 is 27.5 Å². The molecule has 1 atom stereocenters. The van der Waals surface area contributed by atoms with Gasteiger partial charge in [0.05, 0.1) is 23.1 Å². The van der Waals surface area contributed by atoms with E-state index in [-0.39, 0.29) is 21.8 Å². The van der Waals surface area contributed by atoms with Gasteiger partial charge < -0.3 is 19.6 Å². The summed E-state index contributed by atoms with van der Waals surface area (Å²) in [6.45, 7) is 4.43. The molecule has 2 saturated heterocycles. The van der Waals surface area contributed by atoms with Crippen molar-refractivity contribution in [2.45, 2.75) is 37.1 Å². The Morgan fingerprint density at radius 3 is 2.24 bits per heavy atom. The van der Waals surface area contributed by atoms with Crippen LogP contribution in [0.25, 0.3) is 5.76 Å². The molecule has 2 fully saturated rings. The van der Waals surface area contributed by atoms with Crippen LogP contribution in [-0.2, 0) is 19.6 Å². The van der Waals surface area contributed by atoms with E-state index in [1.54, 1.807) is 24.3 Å². The SMILES string of the molecule is CCOc1ccc([C@@H]2C(=C(O)c3ccc(S(=O)(=O)N4CCCC4)cc3)C(=O)C(=O)N2CCCN(C)C)cc1. The average molecular weight is 542 g/mol. The normalized spacial score (nSPS) is 20.0. The fourth-order valence-electron chi connectivity index (χ4n) is 4.95. The molecule has 10 heteroatoms. The first-order valence-corrected chi connectivity index (χ1v) is 14.4. The number of rotatable bonds is 10. The Morgan fingerprint density at radius 1 is 1.03 bits per heavy atom. The predicted molar refractivity (Wildman–Crippen MR) is 144 cm³/mol. The molecule has 2 aromatic carbocycles. The second-order valence-electron chi connectivity index (χ2n) is 9.79. The van der Waals surface area contributed by atoms with Gasteiger partial charge >= 0.3 is 0 Å². The molecule has 1 amide bonds. The van der Waals surface area contributed by atoms with Crippen LogP contribution in [0, 0.1) is 0 Å². The highest BCUT2D eigenvalue weighted by Gasteiger charge is 2.45. The number of hydrogen-bond donors (Lipinski definition) is 1. The zero-order valence-electron chi connectivity index (χ0n) is 22.1. The molecule has 2 aliphatic rings. The number of ether oxygens (including phenoxy) is 1. The van der Waals surface area contributed by atoms with Gasteiger partial charge in [-0.15, -0.1) is 0 Å². The van der Waals surface area contributed by atoms with Gasteiger partial charge in [-0.1, -0.05) is 12.1 Å². The van der Waals surface area contributed by atoms with Gasteiger partial charge in [0.2, 0.25) is 10.0 Å². The van der Waals surface area contributed by atoms with Gasteiger partial charge in [0.25, 0.3) is 11.7 Å². The van der Waals surface area contributed by atoms with Crippen LogP contribution in [0.15, 0.2) is 59.0 Å². The minimum Gasteiger partial charge on any atom is -0.507 e. The third-order valence-electron chi connectivity index (χ3n) is 6.88. The van der Waals surface area contributed by atoms with Crippen LogP contribution >= 0.6 is 0 Å². The van der Waals surface area contributed by atoms with Crippen molar-refractivity contribution in [3.05, 3.63) is 65.2 Å². The van der Waals surface area contributed by atoms with Crippen molar-refractivity contribution in [1.82, 2.24) is 14.1 Å². The maximum Gasteiger partial charge on any atom is 0.295 e. The molecule has 4 rings (SSSR count). The smallest absolute Gasteiger partial charge is 0.295 e. The van der Waals surface area contributed by atoms with Crippen molar-refractivity contribution in [3.63, 3.8) is 0 Å². The molecule has 0 aliphatic carbocycles. The van der Waals surface area contributed by atoms with Crippen molar-refractivity contribution in [2.75, 3.05) is 46.9 Å². The third-order valence-corrected chi connectivity index (χ3v) is 8.79. The molecule has 1 N–H and O–H groups in total. The number of nitrogens with zero attached hydrogens (tertiary/aromatic N) is 3. The van der Waals surface area contributed by atoms with Gasteiger partial charge in [-0.05, 0) is 88.8 Å². The summed E-state index contributed by atoms with van der Waals surface area (Å²) in [7, 11) is 0.254. The van der Waals surface area contributed by atoms with Gasteiger partial charge in [-0.3, -0.25) is 9.59 Å². The Hall–Kier alpha value is -3.21. The highest BCUT2D eigenvalue weighted by molar-refractivity contribution is 7.89. The van der Waals surface area contributed by atoms with E-state index in [1.807, 2.05) is 25.9 Å². The van der Waals surface area contributed by atoms with Crippen LogP contribution in [0.3, 0.4) is 0 Å². The topological polar surface area (TPSA) is 107 Å². The zero-order chi connectivity index (χ0) is 27.4. The summed E-state index contributed by atoms with van der Waals surface area (Å²) in [5.74, 6) is -1.10. The molecule has 204 valence electrons. The summed E-state index contributed by atoms with van der Waals surface area (Å²) in [6, 6.07) is 12.2. The molecular formula is C28H35N3O6S. The summed E-state index contributed by atoms with van der Waals surface area (Å²) in [6.07, 6.45) is 2.31. The molecule has 0 saturated carbocycles. The van der Waals surface area contributed by atoms with E-state index in [9.17, 15) is 23.1 Å². The van der Waals surface area contributed by atoms with Crippen LogP contribution in [-0.4, -0.2) is 86.2 Å². The van der Waals surface area contributed by atoms with Crippen LogP contribution in [0.2, 0.25) is 0 Å². The second kappa shape index (κ2) is 11.7. The zero-order valence-corrected chi connectivity index (χ0v) is 22.9. The first-order valence-electron chi connectivity index (χ1n) is 12.9. The second-order valence-corrected chi connectivity index (χ2v) is 11.7. The Labute approximate surface area is 224 Å². The number of likely N-dealkylation sites (tertiary alicyclic amines) is 1. The minimum atomic E-state index is -3.62. The van der Waals surface area contributed by atoms with Crippen LogP contribution < -0.4 is 4.74 Å². The molecule has 38 heavy (non-hydrogen) atoms. The summed E-state index contributed by atoms with van der Waals surface area (Å²) in [4.78, 5) is 30.0. The molecular weight excluding hydrogens is 506 g/mol. The number of hydrogen-bond acceptors (Lipinski definition) is 7. The molecule has 0 radical (unpaired) electrons. The van der Waals surface area contributed by atoms with Gasteiger partial charge in [0.1, 0.15) is 11.5 Å². The molecule has 2 aromatic rings. The minimum absolute atomic E-state index is 0.0147. The van der Waals surface area contributed by atoms with E-state index in [1.165, 1.54) is 33.5 Å². The molecule has 9 nitrogen and oxygen atoms in total. The standard InChI is InChI=1S/C28H35N3O6S/c1-4-37-22-12-8-20(9-13-22)25-24(27(33)28(34)31(25)19-7-16-29(2)3)26(32)21-10-14-23(15-11-21)38(35,36)30-17-5-6-18-30/h8-15,25,32H,4-7,16-19H2,1-3H3/t25-/m1/s1. The predicted octanol–water partition coefficient (Wildman–Crippen LogP) is 3.24. The van der Waals surface area contributed by atoms with E-state index < -0.39 is 27.8 Å². The number of sulfonamides is 1. The summed E-state index contributed by atoms with van der Waals surface area (Å²) in [5, 5.41) is 11.3. The number of carbonyl (C=O) groups excluding carboxylic acids is 2.